The Kier molecular flexibility index (Phi) is 3.65. The van der Waals surface area contributed by atoms with Gasteiger partial charge in [-0.3, -0.25) is 0 Å². The Bertz CT molecular complexity index is 508. The van der Waals surface area contributed by atoms with Gasteiger partial charge >= 0.3 is 11.9 Å². The van der Waals surface area contributed by atoms with Gasteiger partial charge in [-0.15, -0.1) is 0 Å². The van der Waals surface area contributed by atoms with Crippen molar-refractivity contribution in [2.75, 3.05) is 11.9 Å². The van der Waals surface area contributed by atoms with E-state index in [0.29, 0.717) is 6.42 Å². The molecule has 1 heterocycles. The fraction of sp³-hybridized carbons (Fsp3) is 0.385. The standard InChI is InChI=1S/C13H12F2N2O2/c14-13(15)7-11(19-12(13)18)8-17-10-3-1-9(2-4-10)5-6-16/h1-4,11,17H,5,7-8H2. The van der Waals surface area contributed by atoms with Gasteiger partial charge in [-0.05, 0) is 17.7 Å². The molecule has 6 heteroatoms. The van der Waals surface area contributed by atoms with Gasteiger partial charge in [0.2, 0.25) is 0 Å². The molecule has 0 bridgehead atoms. The number of rotatable bonds is 4. The van der Waals surface area contributed by atoms with Gasteiger partial charge in [0.25, 0.3) is 0 Å². The summed E-state index contributed by atoms with van der Waals surface area (Å²) >= 11 is 0. The third-order valence-electron chi connectivity index (χ3n) is 2.83. The monoisotopic (exact) mass is 266 g/mol. The molecule has 2 rings (SSSR count). The van der Waals surface area contributed by atoms with Gasteiger partial charge < -0.3 is 10.1 Å². The van der Waals surface area contributed by atoms with Crippen LogP contribution in [0.3, 0.4) is 0 Å². The van der Waals surface area contributed by atoms with Crippen molar-refractivity contribution in [2.45, 2.75) is 24.9 Å². The van der Waals surface area contributed by atoms with Gasteiger partial charge in [0, 0.05) is 5.69 Å². The molecule has 1 atom stereocenters. The number of hydrogen-bond acceptors (Lipinski definition) is 4. The van der Waals surface area contributed by atoms with Gasteiger partial charge in [-0.1, -0.05) is 12.1 Å². The van der Waals surface area contributed by atoms with Crippen LogP contribution in [-0.4, -0.2) is 24.5 Å². The maximum absolute atomic E-state index is 12.9. The van der Waals surface area contributed by atoms with Crippen molar-refractivity contribution in [1.82, 2.24) is 0 Å². The SMILES string of the molecule is N#CCc1ccc(NCC2CC(F)(F)C(=O)O2)cc1. The smallest absolute Gasteiger partial charge is 0.377 e. The van der Waals surface area contributed by atoms with Gasteiger partial charge in [0.15, 0.2) is 0 Å². The minimum atomic E-state index is -3.37. The number of carbonyl (C=O) groups excluding carboxylic acids is 1. The molecule has 1 aromatic rings. The Labute approximate surface area is 109 Å². The molecule has 0 amide bonds. The maximum atomic E-state index is 12.9. The van der Waals surface area contributed by atoms with Crippen molar-refractivity contribution >= 4 is 11.7 Å². The molecule has 1 aliphatic heterocycles. The van der Waals surface area contributed by atoms with Crippen molar-refractivity contribution in [3.05, 3.63) is 29.8 Å². The molecule has 100 valence electrons. The second-order valence-corrected chi connectivity index (χ2v) is 4.35. The van der Waals surface area contributed by atoms with Crippen molar-refractivity contribution in [3.8, 4) is 6.07 Å². The zero-order valence-electron chi connectivity index (χ0n) is 10.0. The number of nitrogens with zero attached hydrogens (tertiary/aromatic N) is 1. The molecule has 0 saturated carbocycles. The van der Waals surface area contributed by atoms with Gasteiger partial charge in [-0.2, -0.15) is 14.0 Å². The minimum Gasteiger partial charge on any atom is -0.456 e. The number of cyclic esters (lactones) is 1. The van der Waals surface area contributed by atoms with Crippen LogP contribution in [0.4, 0.5) is 14.5 Å². The maximum Gasteiger partial charge on any atom is 0.377 e. The lowest BCUT2D eigenvalue weighted by atomic mass is 10.1. The lowest BCUT2D eigenvalue weighted by molar-refractivity contribution is -0.158. The average molecular weight is 266 g/mol. The van der Waals surface area contributed by atoms with E-state index in [9.17, 15) is 13.6 Å². The molecule has 1 aromatic carbocycles. The molecule has 0 radical (unpaired) electrons. The number of nitriles is 1. The van der Waals surface area contributed by atoms with E-state index in [1.165, 1.54) is 0 Å². The van der Waals surface area contributed by atoms with Crippen LogP contribution in [0.1, 0.15) is 12.0 Å². The summed E-state index contributed by atoms with van der Waals surface area (Å²) in [6.45, 7) is 0.138. The summed E-state index contributed by atoms with van der Waals surface area (Å²) in [6, 6.07) is 9.09. The molecular formula is C13H12F2N2O2. The zero-order chi connectivity index (χ0) is 13.9. The highest BCUT2D eigenvalue weighted by molar-refractivity contribution is 5.79. The molecule has 1 fully saturated rings. The van der Waals surface area contributed by atoms with Crippen LogP contribution in [0.25, 0.3) is 0 Å². The van der Waals surface area contributed by atoms with E-state index < -0.39 is 24.4 Å². The number of carbonyl (C=O) groups is 1. The first-order valence-corrected chi connectivity index (χ1v) is 5.80. The summed E-state index contributed by atoms with van der Waals surface area (Å²) in [5, 5.41) is 11.4. The number of benzene rings is 1. The summed E-state index contributed by atoms with van der Waals surface area (Å²) < 4.78 is 30.4. The van der Waals surface area contributed by atoms with Crippen LogP contribution < -0.4 is 5.32 Å². The van der Waals surface area contributed by atoms with Gasteiger partial charge in [-0.25, -0.2) is 4.79 Å². The fourth-order valence-electron chi connectivity index (χ4n) is 1.83. The number of anilines is 1. The minimum absolute atomic E-state index is 0.138. The highest BCUT2D eigenvalue weighted by Crippen LogP contribution is 2.30. The predicted molar refractivity (Wildman–Crippen MR) is 63.7 cm³/mol. The Morgan fingerprint density at radius 3 is 2.63 bits per heavy atom. The number of nitrogens with one attached hydrogen (secondary N) is 1. The number of esters is 1. The summed E-state index contributed by atoms with van der Waals surface area (Å²) in [5.41, 5.74) is 1.61. The van der Waals surface area contributed by atoms with E-state index in [4.69, 9.17) is 5.26 Å². The fourth-order valence-corrected chi connectivity index (χ4v) is 1.83. The van der Waals surface area contributed by atoms with Crippen LogP contribution >= 0.6 is 0 Å². The van der Waals surface area contributed by atoms with E-state index in [-0.39, 0.29) is 6.54 Å². The molecular weight excluding hydrogens is 254 g/mol. The van der Waals surface area contributed by atoms with Crippen molar-refractivity contribution in [2.24, 2.45) is 0 Å². The Hall–Kier alpha value is -2.16. The molecule has 0 spiro atoms. The molecule has 1 N–H and O–H groups in total. The third-order valence-corrected chi connectivity index (χ3v) is 2.83. The average Bonchev–Trinajstić information content (AvgIpc) is 2.63. The van der Waals surface area contributed by atoms with Crippen LogP contribution in [0.5, 0.6) is 0 Å². The zero-order valence-corrected chi connectivity index (χ0v) is 10.0. The second-order valence-electron chi connectivity index (χ2n) is 4.35. The van der Waals surface area contributed by atoms with Crippen LogP contribution in [0.15, 0.2) is 24.3 Å². The van der Waals surface area contributed by atoms with Crippen molar-refractivity contribution in [3.63, 3.8) is 0 Å². The van der Waals surface area contributed by atoms with E-state index in [0.717, 1.165) is 11.3 Å². The summed E-state index contributed by atoms with van der Waals surface area (Å²) in [4.78, 5) is 10.8. The third kappa shape index (κ3) is 3.19. The van der Waals surface area contributed by atoms with Crippen LogP contribution in [0, 0.1) is 11.3 Å². The lowest BCUT2D eigenvalue weighted by Gasteiger charge is -2.11. The van der Waals surface area contributed by atoms with Gasteiger partial charge in [0.05, 0.1) is 25.5 Å². The normalized spacial score (nSPS) is 20.7. The Morgan fingerprint density at radius 2 is 2.11 bits per heavy atom. The highest BCUT2D eigenvalue weighted by atomic mass is 19.3. The van der Waals surface area contributed by atoms with E-state index >= 15 is 0 Å². The predicted octanol–water partition coefficient (Wildman–Crippen LogP) is 2.12. The van der Waals surface area contributed by atoms with E-state index in [1.807, 2.05) is 6.07 Å². The molecule has 0 aliphatic carbocycles. The Balaban J connectivity index is 1.86. The first-order chi connectivity index (χ1) is 9.01. The lowest BCUT2D eigenvalue weighted by Crippen LogP contribution is -2.22. The Morgan fingerprint density at radius 1 is 1.42 bits per heavy atom. The molecule has 1 unspecified atom stereocenters. The van der Waals surface area contributed by atoms with E-state index in [2.05, 4.69) is 10.1 Å². The number of ether oxygens (including phenoxy) is 1. The molecule has 0 aromatic heterocycles. The number of alkyl halides is 2. The second kappa shape index (κ2) is 5.22. The van der Waals surface area contributed by atoms with E-state index in [1.54, 1.807) is 24.3 Å². The summed E-state index contributed by atoms with van der Waals surface area (Å²) in [7, 11) is 0. The number of hydrogen-bond donors (Lipinski definition) is 1. The number of halogens is 2. The highest BCUT2D eigenvalue weighted by Gasteiger charge is 2.50. The topological polar surface area (TPSA) is 62.1 Å². The first kappa shape index (κ1) is 13.3. The quantitative estimate of drug-likeness (QED) is 0.848. The molecule has 19 heavy (non-hydrogen) atoms. The largest absolute Gasteiger partial charge is 0.456 e. The molecule has 4 nitrogen and oxygen atoms in total. The molecule has 1 aliphatic rings. The molecule has 1 saturated heterocycles. The summed E-state index contributed by atoms with van der Waals surface area (Å²) in [5.74, 6) is -4.83. The van der Waals surface area contributed by atoms with Crippen molar-refractivity contribution < 1.29 is 18.3 Å². The first-order valence-electron chi connectivity index (χ1n) is 5.80. The summed E-state index contributed by atoms with van der Waals surface area (Å²) in [6.07, 6.45) is -1.08. The van der Waals surface area contributed by atoms with Crippen LogP contribution in [-0.2, 0) is 16.0 Å². The van der Waals surface area contributed by atoms with Crippen LogP contribution in [0.2, 0.25) is 0 Å². The van der Waals surface area contributed by atoms with Gasteiger partial charge in [0.1, 0.15) is 6.10 Å². The van der Waals surface area contributed by atoms with Crippen molar-refractivity contribution in [1.29, 1.82) is 5.26 Å².